The van der Waals surface area contributed by atoms with E-state index in [0.717, 1.165) is 34.9 Å². The highest BCUT2D eigenvalue weighted by atomic mass is 16.6. The number of fused-ring (bicyclic) bond motifs is 1. The predicted molar refractivity (Wildman–Crippen MR) is 171 cm³/mol. The van der Waals surface area contributed by atoms with Crippen LogP contribution in [0, 0.1) is 11.3 Å². The number of amides is 2. The lowest BCUT2D eigenvalue weighted by atomic mass is 10.1. The molecule has 1 fully saturated rings. The zero-order valence-corrected chi connectivity index (χ0v) is 27.1. The van der Waals surface area contributed by atoms with Crippen LogP contribution in [0.25, 0.3) is 28.0 Å². The highest BCUT2D eigenvalue weighted by Gasteiger charge is 2.28. The summed E-state index contributed by atoms with van der Waals surface area (Å²) in [5.74, 6) is 0.876. The van der Waals surface area contributed by atoms with Crippen LogP contribution < -0.4 is 10.6 Å². The average molecular weight is 629 g/mol. The van der Waals surface area contributed by atoms with Crippen LogP contribution in [0.1, 0.15) is 66.0 Å². The zero-order chi connectivity index (χ0) is 33.1. The lowest BCUT2D eigenvalue weighted by molar-refractivity contribution is 0.0184. The first kappa shape index (κ1) is 32.2. The number of piperidine rings is 1. The number of nitrogens with one attached hydrogen (secondary N) is 2. The fraction of sp³-hybridized carbons (Fsp3) is 0.469. The van der Waals surface area contributed by atoms with Crippen LogP contribution in [-0.2, 0) is 9.47 Å². The number of nitriles is 1. The Morgan fingerprint density at radius 1 is 1.00 bits per heavy atom. The third-order valence-electron chi connectivity index (χ3n) is 7.15. The molecule has 2 amide bonds. The van der Waals surface area contributed by atoms with E-state index in [-0.39, 0.29) is 12.1 Å². The maximum Gasteiger partial charge on any atom is 0.410 e. The smallest absolute Gasteiger partial charge is 0.410 e. The van der Waals surface area contributed by atoms with Gasteiger partial charge in [0.05, 0.1) is 35.6 Å². The van der Waals surface area contributed by atoms with Gasteiger partial charge in [0.2, 0.25) is 0 Å². The molecule has 3 aromatic heterocycles. The second-order valence-electron chi connectivity index (χ2n) is 13.1. The molecule has 1 aliphatic heterocycles. The third kappa shape index (κ3) is 7.90. The number of benzene rings is 1. The molecule has 0 bridgehead atoms. The molecule has 0 atom stereocenters. The van der Waals surface area contributed by atoms with Crippen LogP contribution in [0.15, 0.2) is 43.0 Å². The minimum Gasteiger partial charge on any atom is -0.444 e. The van der Waals surface area contributed by atoms with Gasteiger partial charge in [0, 0.05) is 55.1 Å². The first-order valence-corrected chi connectivity index (χ1v) is 15.3. The van der Waals surface area contributed by atoms with E-state index in [1.165, 1.54) is 0 Å². The highest BCUT2D eigenvalue weighted by Crippen LogP contribution is 2.30. The Hall–Kier alpha value is -5.19. The number of ether oxygens (including phenoxy) is 2. The van der Waals surface area contributed by atoms with Crippen LogP contribution in [0.2, 0.25) is 0 Å². The predicted octanol–water partition coefficient (Wildman–Crippen LogP) is 5.06. The van der Waals surface area contributed by atoms with Gasteiger partial charge >= 0.3 is 12.2 Å². The van der Waals surface area contributed by atoms with Gasteiger partial charge in [-0.1, -0.05) is 0 Å². The van der Waals surface area contributed by atoms with Crippen LogP contribution in [-0.4, -0.2) is 84.0 Å². The van der Waals surface area contributed by atoms with E-state index in [1.807, 2.05) is 58.5 Å². The molecule has 5 rings (SSSR count). The largest absolute Gasteiger partial charge is 0.444 e. The minimum atomic E-state index is -0.598. The van der Waals surface area contributed by atoms with E-state index in [2.05, 4.69) is 31.9 Å². The summed E-state index contributed by atoms with van der Waals surface area (Å²) < 4.78 is 14.4. The number of carbonyl (C=O) groups excluding carboxylic acids is 2. The molecular formula is C32H40N10O4. The van der Waals surface area contributed by atoms with Crippen molar-refractivity contribution in [3.05, 3.63) is 48.5 Å². The summed E-state index contributed by atoms with van der Waals surface area (Å²) in [5, 5.41) is 25.3. The zero-order valence-electron chi connectivity index (χ0n) is 27.1. The Bertz CT molecular complexity index is 1750. The third-order valence-corrected chi connectivity index (χ3v) is 7.15. The maximum absolute atomic E-state index is 12.5. The summed E-state index contributed by atoms with van der Waals surface area (Å²) in [6, 6.07) is 7.57. The number of rotatable bonds is 7. The molecule has 0 aliphatic carbocycles. The normalized spacial score (nSPS) is 14.2. The summed E-state index contributed by atoms with van der Waals surface area (Å²) in [7, 11) is 0. The van der Waals surface area contributed by atoms with Crippen molar-refractivity contribution in [3.8, 4) is 23.1 Å². The van der Waals surface area contributed by atoms with E-state index >= 15 is 0 Å². The van der Waals surface area contributed by atoms with Gasteiger partial charge in [-0.05, 0) is 72.6 Å². The van der Waals surface area contributed by atoms with Gasteiger partial charge in [0.25, 0.3) is 5.95 Å². The average Bonchev–Trinajstić information content (AvgIpc) is 3.65. The summed E-state index contributed by atoms with van der Waals surface area (Å²) >= 11 is 0. The second kappa shape index (κ2) is 13.0. The maximum atomic E-state index is 12.5. The van der Waals surface area contributed by atoms with Gasteiger partial charge in [-0.3, -0.25) is 4.68 Å². The summed E-state index contributed by atoms with van der Waals surface area (Å²) in [5.41, 5.74) is 1.70. The molecular weight excluding hydrogens is 588 g/mol. The molecule has 14 nitrogen and oxygen atoms in total. The SMILES string of the molecule is CC(C)(C)OC(=O)NCCNc1nc(-n2ncc3cc(C#N)ccc32)ncc1-c1cnn(C2CCN(C(=O)OC(C)(C)C)CC2)c1. The number of aromatic nitrogens is 6. The molecule has 2 N–H and O–H groups in total. The lowest BCUT2D eigenvalue weighted by Gasteiger charge is -2.33. The first-order valence-electron chi connectivity index (χ1n) is 15.3. The number of anilines is 1. The number of carbonyl (C=O) groups is 2. The Balaban J connectivity index is 1.35. The topological polar surface area (TPSA) is 165 Å². The van der Waals surface area contributed by atoms with Crippen molar-refractivity contribution in [3.63, 3.8) is 0 Å². The van der Waals surface area contributed by atoms with Crippen molar-refractivity contribution >= 4 is 28.9 Å². The van der Waals surface area contributed by atoms with Gasteiger partial charge in [-0.2, -0.15) is 25.1 Å². The lowest BCUT2D eigenvalue weighted by Crippen LogP contribution is -2.42. The van der Waals surface area contributed by atoms with E-state index < -0.39 is 17.3 Å². The van der Waals surface area contributed by atoms with Crippen LogP contribution >= 0.6 is 0 Å². The summed E-state index contributed by atoms with van der Waals surface area (Å²) in [4.78, 5) is 35.9. The Morgan fingerprint density at radius 2 is 1.74 bits per heavy atom. The quantitative estimate of drug-likeness (QED) is 0.264. The number of hydrogen-bond donors (Lipinski definition) is 2. The minimum absolute atomic E-state index is 0.121. The molecule has 4 aromatic rings. The van der Waals surface area contributed by atoms with E-state index in [4.69, 9.17) is 14.5 Å². The molecule has 1 aliphatic rings. The Morgan fingerprint density at radius 3 is 2.43 bits per heavy atom. The Labute approximate surface area is 267 Å². The van der Waals surface area contributed by atoms with Gasteiger partial charge in [-0.25, -0.2) is 14.6 Å². The van der Waals surface area contributed by atoms with E-state index in [9.17, 15) is 14.9 Å². The summed E-state index contributed by atoms with van der Waals surface area (Å²) in [6.45, 7) is 12.8. The van der Waals surface area contributed by atoms with Crippen molar-refractivity contribution in [2.75, 3.05) is 31.5 Å². The van der Waals surface area contributed by atoms with Crippen molar-refractivity contribution < 1.29 is 19.1 Å². The van der Waals surface area contributed by atoms with Gasteiger partial charge in [0.1, 0.15) is 17.0 Å². The van der Waals surface area contributed by atoms with Crippen molar-refractivity contribution in [1.82, 2.24) is 39.7 Å². The number of alkyl carbamates (subject to hydrolysis) is 1. The standard InChI is InChI=1S/C32H40N10O4/c1-31(2,3)45-29(43)35-12-11-34-27-25(19-36-28(39-27)42-26-8-7-21(16-33)15-22(26)17-38-42)23-18-37-41(20-23)24-9-13-40(14-10-24)30(44)46-32(4,5)6/h7-8,15,17-20,24H,9-14H2,1-6H3,(H,35,43)(H,34,36,39). The molecule has 1 aromatic carbocycles. The van der Waals surface area contributed by atoms with Crippen molar-refractivity contribution in [1.29, 1.82) is 5.26 Å². The van der Waals surface area contributed by atoms with Crippen LogP contribution in [0.3, 0.4) is 0 Å². The molecule has 0 spiro atoms. The van der Waals surface area contributed by atoms with Gasteiger partial charge < -0.3 is 25.0 Å². The Kier molecular flexibility index (Phi) is 9.13. The van der Waals surface area contributed by atoms with E-state index in [1.54, 1.807) is 40.3 Å². The summed E-state index contributed by atoms with van der Waals surface area (Å²) in [6.07, 6.45) is 7.82. The van der Waals surface area contributed by atoms with Crippen molar-refractivity contribution in [2.24, 2.45) is 0 Å². The van der Waals surface area contributed by atoms with Crippen LogP contribution in [0.4, 0.5) is 15.4 Å². The number of likely N-dealkylation sites (tertiary alicyclic amines) is 1. The fourth-order valence-electron chi connectivity index (χ4n) is 5.06. The van der Waals surface area contributed by atoms with Crippen molar-refractivity contribution in [2.45, 2.75) is 71.6 Å². The molecule has 1 saturated heterocycles. The monoisotopic (exact) mass is 628 g/mol. The van der Waals surface area contributed by atoms with Crippen LogP contribution in [0.5, 0.6) is 0 Å². The molecule has 242 valence electrons. The molecule has 0 radical (unpaired) electrons. The number of hydrogen-bond acceptors (Lipinski definition) is 10. The molecule has 4 heterocycles. The van der Waals surface area contributed by atoms with Gasteiger partial charge in [-0.15, -0.1) is 0 Å². The van der Waals surface area contributed by atoms with E-state index in [0.29, 0.717) is 43.5 Å². The fourth-order valence-corrected chi connectivity index (χ4v) is 5.06. The molecule has 14 heteroatoms. The number of nitrogens with zero attached hydrogens (tertiary/aromatic N) is 8. The second-order valence-corrected chi connectivity index (χ2v) is 13.1. The molecule has 46 heavy (non-hydrogen) atoms. The highest BCUT2D eigenvalue weighted by molar-refractivity contribution is 5.81. The molecule has 0 unspecified atom stereocenters. The van der Waals surface area contributed by atoms with Gasteiger partial charge in [0.15, 0.2) is 0 Å². The molecule has 0 saturated carbocycles. The first-order chi connectivity index (χ1) is 21.8.